The summed E-state index contributed by atoms with van der Waals surface area (Å²) in [7, 11) is 0. The van der Waals surface area contributed by atoms with Crippen molar-refractivity contribution in [2.75, 3.05) is 0 Å². The molecule has 1 N–H and O–H groups in total. The van der Waals surface area contributed by atoms with Crippen LogP contribution in [0.2, 0.25) is 0 Å². The third kappa shape index (κ3) is 3.32. The molecule has 0 saturated carbocycles. The van der Waals surface area contributed by atoms with Gasteiger partial charge in [-0.3, -0.25) is 24.1 Å². The molecule has 1 aliphatic heterocycles. The SMILES string of the molecule is CC1=CC(=O)C2=C(C[C@@H]3C(=CC[C@@H]4C(=O)N(Cc5ccccc5)C(=O)[C@@H]43)[C@@H]2c2cccc(O)c2)C1=O. The van der Waals surface area contributed by atoms with Crippen LogP contribution in [0.1, 0.15) is 36.8 Å². The summed E-state index contributed by atoms with van der Waals surface area (Å²) in [6, 6.07) is 16.1. The number of aromatic hydroxyl groups is 1. The van der Waals surface area contributed by atoms with E-state index in [0.29, 0.717) is 28.7 Å². The van der Waals surface area contributed by atoms with Crippen molar-refractivity contribution in [3.05, 3.63) is 100 Å². The number of allylic oxidation sites excluding steroid dienone is 6. The minimum atomic E-state index is -0.579. The first-order valence-electron chi connectivity index (χ1n) is 12.2. The largest absolute Gasteiger partial charge is 0.508 e. The van der Waals surface area contributed by atoms with Crippen molar-refractivity contribution < 1.29 is 24.3 Å². The van der Waals surface area contributed by atoms with Crippen LogP contribution in [0.3, 0.4) is 0 Å². The summed E-state index contributed by atoms with van der Waals surface area (Å²) in [6.07, 6.45) is 4.03. The van der Waals surface area contributed by atoms with E-state index < -0.39 is 17.8 Å². The summed E-state index contributed by atoms with van der Waals surface area (Å²) < 4.78 is 0. The highest BCUT2D eigenvalue weighted by molar-refractivity contribution is 6.23. The number of amides is 2. The Morgan fingerprint density at radius 1 is 0.944 bits per heavy atom. The number of likely N-dealkylation sites (tertiary alicyclic amines) is 1. The van der Waals surface area contributed by atoms with Crippen molar-refractivity contribution in [1.82, 2.24) is 4.90 Å². The second-order valence-electron chi connectivity index (χ2n) is 10.1. The molecule has 180 valence electrons. The van der Waals surface area contributed by atoms with Crippen molar-refractivity contribution in [3.63, 3.8) is 0 Å². The number of nitrogens with zero attached hydrogens (tertiary/aromatic N) is 1. The van der Waals surface area contributed by atoms with Gasteiger partial charge in [-0.15, -0.1) is 0 Å². The predicted molar refractivity (Wildman–Crippen MR) is 131 cm³/mol. The summed E-state index contributed by atoms with van der Waals surface area (Å²) in [5.74, 6) is -2.70. The highest BCUT2D eigenvalue weighted by Gasteiger charge is 2.56. The quantitative estimate of drug-likeness (QED) is 0.408. The molecule has 6 rings (SSSR count). The zero-order chi connectivity index (χ0) is 25.1. The average Bonchev–Trinajstić information content (AvgIpc) is 3.11. The molecular formula is C30H25NO5. The lowest BCUT2D eigenvalue weighted by Crippen LogP contribution is -2.39. The minimum Gasteiger partial charge on any atom is -0.508 e. The number of Topliss-reactive ketones (excluding diaryl/α,β-unsaturated/α-hetero) is 1. The zero-order valence-corrected chi connectivity index (χ0v) is 19.8. The summed E-state index contributed by atoms with van der Waals surface area (Å²) in [6.45, 7) is 1.85. The molecule has 0 radical (unpaired) electrons. The van der Waals surface area contributed by atoms with Gasteiger partial charge in [0.15, 0.2) is 11.6 Å². The molecule has 1 fully saturated rings. The molecule has 1 heterocycles. The van der Waals surface area contributed by atoms with Crippen LogP contribution in [0.4, 0.5) is 0 Å². The molecule has 0 unspecified atom stereocenters. The van der Waals surface area contributed by atoms with E-state index in [0.717, 1.165) is 11.1 Å². The Morgan fingerprint density at radius 3 is 2.47 bits per heavy atom. The molecule has 2 aromatic carbocycles. The minimum absolute atomic E-state index is 0.0634. The average molecular weight is 480 g/mol. The number of phenolic OH excluding ortho intramolecular Hbond substituents is 1. The Balaban J connectivity index is 1.45. The van der Waals surface area contributed by atoms with Crippen molar-refractivity contribution in [2.45, 2.75) is 32.2 Å². The Kier molecular flexibility index (Phi) is 5.14. The van der Waals surface area contributed by atoms with Crippen molar-refractivity contribution >= 4 is 23.4 Å². The molecular weight excluding hydrogens is 454 g/mol. The molecule has 4 atom stereocenters. The maximum Gasteiger partial charge on any atom is 0.234 e. The Hall–Kier alpha value is -4.06. The van der Waals surface area contributed by atoms with Crippen LogP contribution in [0.5, 0.6) is 5.75 Å². The lowest BCUT2D eigenvalue weighted by Gasteiger charge is -2.42. The van der Waals surface area contributed by atoms with Crippen LogP contribution in [-0.2, 0) is 25.7 Å². The number of hydrogen-bond acceptors (Lipinski definition) is 5. The number of carbonyl (C=O) groups excluding carboxylic acids is 4. The van der Waals surface area contributed by atoms with Crippen molar-refractivity contribution in [3.8, 4) is 5.75 Å². The second kappa shape index (κ2) is 8.26. The van der Waals surface area contributed by atoms with Gasteiger partial charge in [0.05, 0.1) is 18.4 Å². The molecule has 2 amide bonds. The number of imide groups is 1. The maximum atomic E-state index is 13.7. The number of carbonyl (C=O) groups is 4. The Bertz CT molecular complexity index is 1430. The maximum absolute atomic E-state index is 13.7. The van der Waals surface area contributed by atoms with E-state index >= 15 is 0 Å². The van der Waals surface area contributed by atoms with Crippen LogP contribution in [0.25, 0.3) is 0 Å². The Morgan fingerprint density at radius 2 is 1.72 bits per heavy atom. The van der Waals surface area contributed by atoms with E-state index in [4.69, 9.17) is 0 Å². The van der Waals surface area contributed by atoms with Gasteiger partial charge in [0, 0.05) is 22.6 Å². The van der Waals surface area contributed by atoms with E-state index in [1.165, 1.54) is 11.0 Å². The number of rotatable bonds is 3. The molecule has 2 aromatic rings. The van der Waals surface area contributed by atoms with Crippen LogP contribution >= 0.6 is 0 Å². The van der Waals surface area contributed by atoms with Gasteiger partial charge in [0.25, 0.3) is 0 Å². The van der Waals surface area contributed by atoms with Gasteiger partial charge in [0.2, 0.25) is 11.8 Å². The standard InChI is InChI=1S/C30H25NO5/c1-16-12-24(33)27-23(28(16)34)14-22-20(25(27)18-8-5-9-19(32)13-18)10-11-21-26(22)30(36)31(29(21)35)15-17-6-3-2-4-7-17/h2-10,12-13,21-22,25-26,32H,11,14-15H2,1H3/t21-,22+,25-,26-/m0/s1. The first-order valence-corrected chi connectivity index (χ1v) is 12.2. The van der Waals surface area contributed by atoms with Gasteiger partial charge in [-0.25, -0.2) is 0 Å². The van der Waals surface area contributed by atoms with Gasteiger partial charge in [-0.05, 0) is 55.0 Å². The van der Waals surface area contributed by atoms with E-state index in [1.54, 1.807) is 25.1 Å². The number of fused-ring (bicyclic) bond motifs is 3. The molecule has 1 saturated heterocycles. The molecule has 6 heteroatoms. The smallest absolute Gasteiger partial charge is 0.234 e. The highest BCUT2D eigenvalue weighted by Crippen LogP contribution is 2.55. The number of phenols is 1. The first kappa shape index (κ1) is 22.4. The zero-order valence-electron chi connectivity index (χ0n) is 19.8. The first-order chi connectivity index (χ1) is 17.3. The lowest BCUT2D eigenvalue weighted by molar-refractivity contribution is -0.140. The topological polar surface area (TPSA) is 91.8 Å². The van der Waals surface area contributed by atoms with Crippen molar-refractivity contribution in [1.29, 1.82) is 0 Å². The van der Waals surface area contributed by atoms with Crippen LogP contribution < -0.4 is 0 Å². The van der Waals surface area contributed by atoms with Gasteiger partial charge >= 0.3 is 0 Å². The fraction of sp³-hybridized carbons (Fsp3) is 0.267. The predicted octanol–water partition coefficient (Wildman–Crippen LogP) is 4.02. The van der Waals surface area contributed by atoms with Gasteiger partial charge < -0.3 is 5.11 Å². The summed E-state index contributed by atoms with van der Waals surface area (Å²) in [5.41, 5.74) is 3.70. The summed E-state index contributed by atoms with van der Waals surface area (Å²) in [5, 5.41) is 10.2. The molecule has 3 aliphatic carbocycles. The molecule has 0 bridgehead atoms. The van der Waals surface area contributed by atoms with E-state index in [1.807, 2.05) is 42.5 Å². The fourth-order valence-corrected chi connectivity index (χ4v) is 6.45. The Labute approximate surface area is 208 Å². The molecule has 0 spiro atoms. The summed E-state index contributed by atoms with van der Waals surface area (Å²) in [4.78, 5) is 54.9. The van der Waals surface area contributed by atoms with Gasteiger partial charge in [0.1, 0.15) is 5.75 Å². The monoisotopic (exact) mass is 479 g/mol. The molecule has 6 nitrogen and oxygen atoms in total. The number of hydrogen-bond donors (Lipinski definition) is 1. The van der Waals surface area contributed by atoms with Crippen LogP contribution in [-0.4, -0.2) is 33.4 Å². The van der Waals surface area contributed by atoms with Crippen LogP contribution in [0.15, 0.2) is 89.0 Å². The fourth-order valence-electron chi connectivity index (χ4n) is 6.45. The number of benzene rings is 2. The molecule has 36 heavy (non-hydrogen) atoms. The molecule has 0 aromatic heterocycles. The van der Waals surface area contributed by atoms with Gasteiger partial charge in [-0.2, -0.15) is 0 Å². The van der Waals surface area contributed by atoms with E-state index in [-0.39, 0.29) is 48.0 Å². The van der Waals surface area contributed by atoms with Crippen molar-refractivity contribution in [2.24, 2.45) is 17.8 Å². The third-order valence-electron chi connectivity index (χ3n) is 8.04. The van der Waals surface area contributed by atoms with E-state index in [2.05, 4.69) is 0 Å². The highest BCUT2D eigenvalue weighted by atomic mass is 16.3. The second-order valence-corrected chi connectivity index (χ2v) is 10.1. The van der Waals surface area contributed by atoms with E-state index in [9.17, 15) is 24.3 Å². The summed E-state index contributed by atoms with van der Waals surface area (Å²) >= 11 is 0. The molecule has 4 aliphatic rings. The number of ketones is 2. The van der Waals surface area contributed by atoms with Gasteiger partial charge in [-0.1, -0.05) is 54.1 Å². The third-order valence-corrected chi connectivity index (χ3v) is 8.04. The normalized spacial score (nSPS) is 27.4. The lowest BCUT2D eigenvalue weighted by atomic mass is 9.59. The van der Waals surface area contributed by atoms with Crippen LogP contribution in [0, 0.1) is 17.8 Å².